The molecule has 162 valence electrons. The minimum atomic E-state index is -4.90. The molecule has 0 atom stereocenters. The van der Waals surface area contributed by atoms with E-state index in [1.807, 2.05) is 20.8 Å². The lowest BCUT2D eigenvalue weighted by Gasteiger charge is -2.28. The third kappa shape index (κ3) is 13.2. The van der Waals surface area contributed by atoms with Crippen molar-refractivity contribution < 1.29 is 36.0 Å². The van der Waals surface area contributed by atoms with Crippen LogP contribution in [0.4, 0.5) is 13.2 Å². The molecule has 0 saturated carbocycles. The molecule has 0 bridgehead atoms. The molecule has 0 amide bonds. The fourth-order valence-corrected chi connectivity index (χ4v) is 5.44. The van der Waals surface area contributed by atoms with Gasteiger partial charge in [0.2, 0.25) is 0 Å². The zero-order chi connectivity index (χ0) is 20.6. The monoisotopic (exact) mass is 416 g/mol. The van der Waals surface area contributed by atoms with Crippen molar-refractivity contribution in [2.45, 2.75) is 84.4 Å². The summed E-state index contributed by atoms with van der Waals surface area (Å²) in [6.07, 6.45) is 2.54. The first-order valence-electron chi connectivity index (χ1n) is 9.97. The Balaban J connectivity index is 3.69. The van der Waals surface area contributed by atoms with Gasteiger partial charge < -0.3 is 18.0 Å². The van der Waals surface area contributed by atoms with Gasteiger partial charge in [-0.2, -0.15) is 13.2 Å². The molecule has 0 aromatic heterocycles. The number of hydrogen-bond donors (Lipinski definition) is 0. The summed E-state index contributed by atoms with van der Waals surface area (Å²) >= 11 is 0. The molecule has 0 saturated heterocycles. The zero-order valence-corrected chi connectivity index (χ0v) is 17.9. The molecule has 0 spiro atoms. The lowest BCUT2D eigenvalue weighted by molar-refractivity contribution is -0.199. The SMILES string of the molecule is CCO[Si](CCCCCCCCCCOC(=O)C(F)(F)F)(OCC)OCC. The van der Waals surface area contributed by atoms with Crippen LogP contribution in [-0.2, 0) is 22.8 Å². The molecule has 0 aliphatic rings. The van der Waals surface area contributed by atoms with Crippen LogP contribution in [0.5, 0.6) is 0 Å². The predicted molar refractivity (Wildman–Crippen MR) is 99.4 cm³/mol. The van der Waals surface area contributed by atoms with Crippen molar-refractivity contribution in [2.24, 2.45) is 0 Å². The number of alkyl halides is 3. The number of carbonyl (C=O) groups is 1. The standard InChI is InChI=1S/C18H35F3O5Si/c1-4-24-27(25-5-2,26-6-3)16-14-12-10-8-7-9-11-13-15-23-17(22)18(19,20)21/h4-16H2,1-3H3. The maximum atomic E-state index is 11.9. The third-order valence-corrected chi connectivity index (χ3v) is 7.09. The number of esters is 1. The molecule has 0 aliphatic heterocycles. The van der Waals surface area contributed by atoms with E-state index in [2.05, 4.69) is 4.74 Å². The zero-order valence-electron chi connectivity index (χ0n) is 16.9. The van der Waals surface area contributed by atoms with E-state index in [1.54, 1.807) is 0 Å². The molecule has 0 aromatic carbocycles. The lowest BCUT2D eigenvalue weighted by Crippen LogP contribution is -2.45. The fraction of sp³-hybridized carbons (Fsp3) is 0.944. The fourth-order valence-electron chi connectivity index (χ4n) is 2.75. The molecule has 27 heavy (non-hydrogen) atoms. The van der Waals surface area contributed by atoms with Gasteiger partial charge in [-0.05, 0) is 33.6 Å². The molecular weight excluding hydrogens is 381 g/mol. The quantitative estimate of drug-likeness (QED) is 0.184. The van der Waals surface area contributed by atoms with Gasteiger partial charge in [-0.1, -0.05) is 38.5 Å². The highest BCUT2D eigenvalue weighted by Crippen LogP contribution is 2.21. The first-order valence-corrected chi connectivity index (χ1v) is 11.9. The Hall–Kier alpha value is -0.643. The molecule has 0 N–H and O–H groups in total. The Morgan fingerprint density at radius 1 is 0.741 bits per heavy atom. The summed E-state index contributed by atoms with van der Waals surface area (Å²) in [5.41, 5.74) is 0. The Morgan fingerprint density at radius 3 is 1.56 bits per heavy atom. The number of halogens is 3. The number of hydrogen-bond acceptors (Lipinski definition) is 5. The van der Waals surface area contributed by atoms with Crippen LogP contribution >= 0.6 is 0 Å². The summed E-state index contributed by atoms with van der Waals surface area (Å²) in [5, 5.41) is 0. The maximum absolute atomic E-state index is 11.9. The van der Waals surface area contributed by atoms with Crippen LogP contribution in [0.1, 0.15) is 72.1 Å². The summed E-state index contributed by atoms with van der Waals surface area (Å²) in [7, 11) is -2.53. The summed E-state index contributed by atoms with van der Waals surface area (Å²) in [6.45, 7) is 7.44. The minimum absolute atomic E-state index is 0.169. The molecule has 9 heteroatoms. The first kappa shape index (κ1) is 26.4. The second kappa shape index (κ2) is 15.3. The molecule has 5 nitrogen and oxygen atoms in total. The summed E-state index contributed by atoms with van der Waals surface area (Å²) < 4.78 is 57.4. The average Bonchev–Trinajstić information content (AvgIpc) is 2.59. The lowest BCUT2D eigenvalue weighted by atomic mass is 10.1. The van der Waals surface area contributed by atoms with E-state index in [0.29, 0.717) is 26.2 Å². The first-order chi connectivity index (χ1) is 12.8. The molecular formula is C18H35F3O5Si. The maximum Gasteiger partial charge on any atom is 0.500 e. The van der Waals surface area contributed by atoms with Gasteiger partial charge >= 0.3 is 21.0 Å². The van der Waals surface area contributed by atoms with Gasteiger partial charge in [-0.15, -0.1) is 0 Å². The number of ether oxygens (including phenoxy) is 1. The van der Waals surface area contributed by atoms with Crippen molar-refractivity contribution in [3.63, 3.8) is 0 Å². The van der Waals surface area contributed by atoms with Crippen LogP contribution in [0.15, 0.2) is 0 Å². The van der Waals surface area contributed by atoms with Crippen molar-refractivity contribution in [3.05, 3.63) is 0 Å². The van der Waals surface area contributed by atoms with E-state index in [4.69, 9.17) is 13.3 Å². The number of carbonyl (C=O) groups excluding carboxylic acids is 1. The molecule has 0 fully saturated rings. The van der Waals surface area contributed by atoms with E-state index >= 15 is 0 Å². The molecule has 0 radical (unpaired) electrons. The summed E-state index contributed by atoms with van der Waals surface area (Å²) in [4.78, 5) is 10.5. The Bertz CT molecular complexity index is 363. The van der Waals surface area contributed by atoms with Crippen molar-refractivity contribution >= 4 is 14.8 Å². The van der Waals surface area contributed by atoms with Crippen LogP contribution in [0.25, 0.3) is 0 Å². The minimum Gasteiger partial charge on any atom is -0.459 e. The topological polar surface area (TPSA) is 54.0 Å². The van der Waals surface area contributed by atoms with Crippen molar-refractivity contribution in [1.82, 2.24) is 0 Å². The second-order valence-electron chi connectivity index (χ2n) is 6.19. The van der Waals surface area contributed by atoms with E-state index < -0.39 is 21.0 Å². The summed E-state index contributed by atoms with van der Waals surface area (Å²) in [6, 6.07) is 0.826. The average molecular weight is 417 g/mol. The number of rotatable bonds is 17. The van der Waals surface area contributed by atoms with Crippen LogP contribution in [0, 0.1) is 0 Å². The molecule has 0 unspecified atom stereocenters. The third-order valence-electron chi connectivity index (χ3n) is 3.93. The van der Waals surface area contributed by atoms with Gasteiger partial charge in [0.25, 0.3) is 0 Å². The van der Waals surface area contributed by atoms with Gasteiger partial charge in [0, 0.05) is 25.9 Å². The highest BCUT2D eigenvalue weighted by atomic mass is 28.4. The van der Waals surface area contributed by atoms with E-state index in [1.165, 1.54) is 0 Å². The van der Waals surface area contributed by atoms with E-state index in [0.717, 1.165) is 51.0 Å². The van der Waals surface area contributed by atoms with Crippen molar-refractivity contribution in [2.75, 3.05) is 26.4 Å². The summed E-state index contributed by atoms with van der Waals surface area (Å²) in [5.74, 6) is -2.10. The normalized spacial score (nSPS) is 12.4. The van der Waals surface area contributed by atoms with Crippen molar-refractivity contribution in [3.8, 4) is 0 Å². The Morgan fingerprint density at radius 2 is 1.15 bits per heavy atom. The van der Waals surface area contributed by atoms with Gasteiger partial charge in [0.1, 0.15) is 0 Å². The highest BCUT2D eigenvalue weighted by Gasteiger charge is 2.41. The molecule has 0 aliphatic carbocycles. The second-order valence-corrected chi connectivity index (χ2v) is 8.93. The van der Waals surface area contributed by atoms with Crippen LogP contribution in [-0.4, -0.2) is 47.4 Å². The predicted octanol–water partition coefficient (Wildman–Crippen LogP) is 5.26. The van der Waals surface area contributed by atoms with Crippen LogP contribution in [0.3, 0.4) is 0 Å². The van der Waals surface area contributed by atoms with Gasteiger partial charge in [0.05, 0.1) is 6.61 Å². The van der Waals surface area contributed by atoms with Crippen LogP contribution < -0.4 is 0 Å². The smallest absolute Gasteiger partial charge is 0.459 e. The largest absolute Gasteiger partial charge is 0.500 e. The van der Waals surface area contributed by atoms with E-state index in [-0.39, 0.29) is 6.61 Å². The highest BCUT2D eigenvalue weighted by molar-refractivity contribution is 6.60. The van der Waals surface area contributed by atoms with E-state index in [9.17, 15) is 18.0 Å². The van der Waals surface area contributed by atoms with Gasteiger partial charge in [-0.3, -0.25) is 0 Å². The van der Waals surface area contributed by atoms with Crippen LogP contribution in [0.2, 0.25) is 6.04 Å². The molecule has 0 rings (SSSR count). The van der Waals surface area contributed by atoms with Crippen molar-refractivity contribution in [1.29, 1.82) is 0 Å². The molecule has 0 aromatic rings. The number of unbranched alkanes of at least 4 members (excludes halogenated alkanes) is 7. The Labute approximate surface area is 162 Å². The molecule has 0 heterocycles. The van der Waals surface area contributed by atoms with Gasteiger partial charge in [0.15, 0.2) is 0 Å². The Kier molecular flexibility index (Phi) is 14.9. The van der Waals surface area contributed by atoms with Gasteiger partial charge in [-0.25, -0.2) is 4.79 Å².